The van der Waals surface area contributed by atoms with Crippen molar-refractivity contribution in [3.8, 4) is 0 Å². The first-order valence-electron chi connectivity index (χ1n) is 43.8. The van der Waals surface area contributed by atoms with Gasteiger partial charge in [-0.1, -0.05) is 204 Å². The van der Waals surface area contributed by atoms with E-state index in [0.717, 1.165) is 33.7 Å². The third-order valence-corrected chi connectivity index (χ3v) is 50.0. The molecule has 0 aromatic heterocycles. The Morgan fingerprint density at radius 1 is 0.484 bits per heavy atom. The van der Waals surface area contributed by atoms with Crippen molar-refractivity contribution in [2.75, 3.05) is 29.1 Å². The molecule has 0 saturated heterocycles. The summed E-state index contributed by atoms with van der Waals surface area (Å²) in [6.07, 6.45) is 11.3. The number of fused-ring (bicyclic) bond motifs is 1. The van der Waals surface area contributed by atoms with Crippen LogP contribution in [0, 0.1) is 25.7 Å². The van der Waals surface area contributed by atoms with E-state index in [2.05, 4.69) is 320 Å². The molecular weight excluding hydrogens is 1840 g/mol. The van der Waals surface area contributed by atoms with E-state index in [9.17, 15) is 13.6 Å². The Morgan fingerprint density at radius 3 is 1.15 bits per heavy atom. The third-order valence-electron chi connectivity index (χ3n) is 18.9. The number of benzene rings is 5. The van der Waals surface area contributed by atoms with Crippen molar-refractivity contribution in [1.29, 1.82) is 0 Å². The van der Waals surface area contributed by atoms with E-state index in [1.165, 1.54) is 33.4 Å². The van der Waals surface area contributed by atoms with Gasteiger partial charge in [0.05, 0.1) is 58.1 Å². The number of hydrogen-bond donors (Lipinski definition) is 1. The molecule has 5 aromatic rings. The maximum atomic E-state index is 13.4. The van der Waals surface area contributed by atoms with Crippen LogP contribution in [0.25, 0.3) is 14.4 Å². The van der Waals surface area contributed by atoms with Crippen LogP contribution in [0.1, 0.15) is 333 Å². The van der Waals surface area contributed by atoms with Gasteiger partial charge in [0.15, 0.2) is 13.2 Å². The largest absolute Gasteiger partial charge is 2.00 e. The molecule has 1 amide bonds. The summed E-state index contributed by atoms with van der Waals surface area (Å²) in [6.45, 7) is 104. The maximum absolute atomic E-state index is 13.4. The van der Waals surface area contributed by atoms with Gasteiger partial charge in [-0.15, -0.1) is 11.4 Å². The minimum atomic E-state index is -2.42. The van der Waals surface area contributed by atoms with Crippen molar-refractivity contribution in [1.82, 2.24) is 0 Å². The van der Waals surface area contributed by atoms with E-state index < -0.39 is 69.5 Å². The molecule has 22 heteroatoms. The molecule has 1 aliphatic heterocycles. The van der Waals surface area contributed by atoms with Gasteiger partial charge >= 0.3 is 49.5 Å². The Kier molecular flexibility index (Phi) is 64.2. The third kappa shape index (κ3) is 48.3. The number of anilines is 1. The summed E-state index contributed by atoms with van der Waals surface area (Å²) < 4.78 is 39.8. The summed E-state index contributed by atoms with van der Waals surface area (Å²) in [6, 6.07) is 41.1. The fourth-order valence-corrected chi connectivity index (χ4v) is 51.5. The summed E-state index contributed by atoms with van der Waals surface area (Å²) in [4.78, 5) is 20.5. The molecule has 1 heterocycles. The van der Waals surface area contributed by atoms with E-state index >= 15 is 0 Å². The molecular formula is C100H183N6Ni4O3P4S3Si2+3. The van der Waals surface area contributed by atoms with Crippen molar-refractivity contribution in [2.24, 2.45) is 9.02 Å². The average molecular weight is 2030 g/mol. The second-order valence-electron chi connectivity index (χ2n) is 43.2. The smallest absolute Gasteiger partial charge is 0.674 e. The molecule has 0 fully saturated rings. The average Bonchev–Trinajstić information content (AvgIpc) is 1.58. The van der Waals surface area contributed by atoms with Gasteiger partial charge in [-0.3, -0.25) is 14.0 Å². The van der Waals surface area contributed by atoms with Gasteiger partial charge in [0, 0.05) is 82.2 Å². The quantitative estimate of drug-likeness (QED) is 0.0321. The topological polar surface area (TPSA) is 125 Å². The normalized spacial score (nSPS) is 15.5. The van der Waals surface area contributed by atoms with Crippen LogP contribution in [0.3, 0.4) is 0 Å². The SMILES string of the molecule is CC(C)(C)[PH+](C(c1ccccc1)S(=O)[N-]c1ccccc1)C(C)(C)C.CC(C)(C)[PH+](CS(=N[Si](C)(C)C)[N-][Si](C)(C)C)C(C)(C)C.CC(C)c1cccc(C(C)C)c1N=CC(C[PH+](C(C)(C)C)C(C)(C)C)[N-]c1c(C(C)C)cccc1C(C)C.CN1C(=O)S(O)(C[PH+](C(C)(C)C)C(C)(C)C)c2ccccc21.C[CH-]C.C[CH-]C.C[CH-]C.C[CH-]C.[Ni+2].[Ni+2].[Ni+2].[Ni]. The zero-order valence-electron chi connectivity index (χ0n) is 86.0. The predicted octanol–water partition coefficient (Wildman–Crippen LogP) is 35.7. The van der Waals surface area contributed by atoms with Crippen LogP contribution in [-0.4, -0.2) is 108 Å². The van der Waals surface area contributed by atoms with Gasteiger partial charge in [0.2, 0.25) is 0 Å². The first-order valence-corrected chi connectivity index (χ1v) is 61.6. The van der Waals surface area contributed by atoms with Crippen LogP contribution in [0.4, 0.5) is 27.5 Å². The van der Waals surface area contributed by atoms with E-state index in [1.807, 2.05) is 154 Å². The standard InChI is InChI=1S/C35H56N2P.C21H29NOPS.C17H28NO2PS.C15H38N2PSSi2.4C3H7.4Ni/c1-23(2)28-17-15-18-29(24(3)4)32(28)36-21-27(22-38(34(9,10)11)35(12,13)14)37-33-30(25(5)6)19-16-20-31(33)26(7)8;1-20(2,3)24(21(4,5)6)19(17-13-9-7-10-14-17)25(23)22-18-15-11-8-12-16-18;1-16(2,3)21(17(4,5)6)12-22(20)14-11-9-8-10-13(14)18(7)15(22)19;1-14(2,3)18(15(4,5)6)13-19(16-20(7,8)9)17-21(10,11)12;4*1-3-2;;;;/h15-21,23-27H,22H2,1-14H3;7-16,19H,1-6H3;8-11,20H,12H2,1-7H3;13H2,1-12H3;4*3H,1-2H3;;;;/q2*-1;;5*-1;;3*+2/p+4. The molecule has 5 aromatic carbocycles. The number of amides is 1. The van der Waals surface area contributed by atoms with Crippen molar-refractivity contribution in [3.05, 3.63) is 189 Å². The zero-order chi connectivity index (χ0) is 92.7. The van der Waals surface area contributed by atoms with Gasteiger partial charge < -0.3 is 53.6 Å². The molecule has 5 unspecified atom stereocenters. The second-order valence-corrected chi connectivity index (χ2v) is 76.8. The van der Waals surface area contributed by atoms with Gasteiger partial charge in [-0.2, -0.15) is 66.3 Å². The molecule has 0 aliphatic carbocycles. The summed E-state index contributed by atoms with van der Waals surface area (Å²) in [7, 11) is -8.28. The summed E-state index contributed by atoms with van der Waals surface area (Å²) in [5.74, 6) is 1.70. The Bertz CT molecular complexity index is 3640. The van der Waals surface area contributed by atoms with Gasteiger partial charge in [-0.05, 0) is 256 Å². The Labute approximate surface area is 811 Å². The Hall–Kier alpha value is -0.462. The molecule has 0 saturated carbocycles. The van der Waals surface area contributed by atoms with Crippen molar-refractivity contribution in [3.63, 3.8) is 0 Å². The molecule has 1 N–H and O–H groups in total. The fourth-order valence-electron chi connectivity index (χ4n) is 15.0. The Morgan fingerprint density at radius 2 is 0.820 bits per heavy atom. The molecule has 0 spiro atoms. The van der Waals surface area contributed by atoms with E-state index in [1.54, 1.807) is 11.9 Å². The number of para-hydroxylation sites is 3. The predicted molar refractivity (Wildman–Crippen MR) is 568 cm³/mol. The maximum Gasteiger partial charge on any atom is 2.00 e. The molecule has 714 valence electrons. The van der Waals surface area contributed by atoms with Crippen molar-refractivity contribution < 1.29 is 79.5 Å². The summed E-state index contributed by atoms with van der Waals surface area (Å²) in [5, 5.41) is 7.29. The van der Waals surface area contributed by atoms with E-state index in [-0.39, 0.29) is 124 Å². The molecule has 0 bridgehead atoms. The number of hydrogen-bond acceptors (Lipinski definition) is 5. The number of carbonyl (C=O) groups excluding carboxylic acids is 1. The first kappa shape index (κ1) is 132. The monoisotopic (exact) mass is 2020 g/mol. The summed E-state index contributed by atoms with van der Waals surface area (Å²) in [5.41, 5.74) is 12.3. The zero-order valence-corrected chi connectivity index (χ0v) is 98.4. The summed E-state index contributed by atoms with van der Waals surface area (Å²) >= 11 is 0. The van der Waals surface area contributed by atoms with Crippen LogP contribution in [0.2, 0.25) is 39.3 Å². The fraction of sp³-hybridized carbons (Fsp3) is 0.640. The van der Waals surface area contributed by atoms with Gasteiger partial charge in [-0.25, -0.2) is 0 Å². The second kappa shape index (κ2) is 59.2. The van der Waals surface area contributed by atoms with Crippen molar-refractivity contribution in [2.45, 2.75) is 397 Å². The van der Waals surface area contributed by atoms with E-state index in [4.69, 9.17) is 18.7 Å². The van der Waals surface area contributed by atoms with Gasteiger partial charge in [0.1, 0.15) is 5.49 Å². The van der Waals surface area contributed by atoms with Crippen LogP contribution in [0.15, 0.2) is 135 Å². The first-order chi connectivity index (χ1) is 53.5. The van der Waals surface area contributed by atoms with Gasteiger partial charge in [0.25, 0.3) is 5.24 Å². The van der Waals surface area contributed by atoms with Crippen LogP contribution in [-0.2, 0) is 87.8 Å². The molecule has 6 rings (SSSR count). The number of aliphatic imine (C=N–C) groups is 1. The van der Waals surface area contributed by atoms with Crippen LogP contribution >= 0.6 is 42.0 Å². The molecule has 5 atom stereocenters. The number of nitrogens with zero attached hydrogens (tertiary/aromatic N) is 6. The van der Waals surface area contributed by atoms with Crippen molar-refractivity contribution >= 4 is 115 Å². The Balaban J connectivity index is -0.000000356. The number of rotatable bonds is 22. The van der Waals surface area contributed by atoms with Crippen LogP contribution in [0.5, 0.6) is 0 Å². The minimum absolute atomic E-state index is 0. The van der Waals surface area contributed by atoms with Crippen LogP contribution < -0.4 is 4.90 Å². The number of carbonyl (C=O) groups is 1. The molecule has 1 aliphatic rings. The molecule has 9 nitrogen and oxygen atoms in total. The molecule has 0 radical (unpaired) electrons. The minimum Gasteiger partial charge on any atom is -0.674 e. The molecule has 122 heavy (non-hydrogen) atoms. The van der Waals surface area contributed by atoms with E-state index in [0.29, 0.717) is 39.5 Å².